The summed E-state index contributed by atoms with van der Waals surface area (Å²) in [6.45, 7) is 3.43. The molecule has 5 nitrogen and oxygen atoms in total. The average molecular weight is 327 g/mol. The van der Waals surface area contributed by atoms with E-state index in [9.17, 15) is 14.7 Å². The Labute approximate surface area is 141 Å². The highest BCUT2D eigenvalue weighted by atomic mass is 16.5. The van der Waals surface area contributed by atoms with Crippen molar-refractivity contribution in [3.05, 3.63) is 65.7 Å². The number of aliphatic carboxylic acids is 1. The Morgan fingerprint density at radius 2 is 1.62 bits per heavy atom. The number of carboxylic acid groups (broad SMARTS) is 1. The van der Waals surface area contributed by atoms with Crippen LogP contribution in [0.15, 0.2) is 54.6 Å². The van der Waals surface area contributed by atoms with Crippen molar-refractivity contribution < 1.29 is 19.4 Å². The number of amides is 1. The van der Waals surface area contributed by atoms with Crippen molar-refractivity contribution in [2.75, 3.05) is 7.05 Å². The Balaban J connectivity index is 2.03. The zero-order valence-electron chi connectivity index (χ0n) is 14.0. The van der Waals surface area contributed by atoms with Crippen molar-refractivity contribution in [3.63, 3.8) is 0 Å². The highest BCUT2D eigenvalue weighted by molar-refractivity contribution is 5.97. The Morgan fingerprint density at radius 3 is 2.17 bits per heavy atom. The van der Waals surface area contributed by atoms with Gasteiger partial charge in [-0.3, -0.25) is 4.79 Å². The summed E-state index contributed by atoms with van der Waals surface area (Å²) < 4.78 is 5.67. The zero-order valence-corrected chi connectivity index (χ0v) is 14.0. The molecule has 0 aromatic heterocycles. The molecule has 0 aliphatic carbocycles. The summed E-state index contributed by atoms with van der Waals surface area (Å²) in [5.74, 6) is -0.756. The summed E-state index contributed by atoms with van der Waals surface area (Å²) in [5.41, 5.74) is 0.194. The van der Waals surface area contributed by atoms with Crippen LogP contribution in [0, 0.1) is 0 Å². The van der Waals surface area contributed by atoms with Gasteiger partial charge in [0.25, 0.3) is 5.91 Å². The van der Waals surface area contributed by atoms with E-state index in [1.807, 2.05) is 30.3 Å². The molecule has 0 aliphatic rings. The van der Waals surface area contributed by atoms with Crippen LogP contribution in [0.3, 0.4) is 0 Å². The predicted molar refractivity (Wildman–Crippen MR) is 91.0 cm³/mol. The van der Waals surface area contributed by atoms with Gasteiger partial charge in [-0.25, -0.2) is 4.79 Å². The normalized spacial score (nSPS) is 11.0. The number of rotatable bonds is 6. The number of hydrogen-bond acceptors (Lipinski definition) is 3. The predicted octanol–water partition coefficient (Wildman–Crippen LogP) is 3.20. The molecular formula is C19H21NO4. The van der Waals surface area contributed by atoms with Crippen molar-refractivity contribution >= 4 is 11.9 Å². The second kappa shape index (κ2) is 7.17. The van der Waals surface area contributed by atoms with E-state index in [4.69, 9.17) is 4.74 Å². The minimum Gasteiger partial charge on any atom is -0.489 e. The van der Waals surface area contributed by atoms with Gasteiger partial charge in [0.2, 0.25) is 0 Å². The van der Waals surface area contributed by atoms with Crippen LogP contribution in [0.25, 0.3) is 0 Å². The van der Waals surface area contributed by atoms with E-state index in [2.05, 4.69) is 0 Å². The molecule has 0 saturated carbocycles. The van der Waals surface area contributed by atoms with E-state index < -0.39 is 11.5 Å². The standard InChI is InChI=1S/C19H21NO4/c1-19(2,18(22)23)20(3)17(21)15-9-11-16(12-10-15)24-13-14-7-5-4-6-8-14/h4-12H,13H2,1-3H3,(H,22,23). The van der Waals surface area contributed by atoms with Crippen LogP contribution in [-0.4, -0.2) is 34.5 Å². The third-order valence-corrected chi connectivity index (χ3v) is 4.02. The first-order valence-electron chi connectivity index (χ1n) is 7.60. The number of carbonyl (C=O) groups is 2. The van der Waals surface area contributed by atoms with E-state index in [1.165, 1.54) is 25.8 Å². The van der Waals surface area contributed by atoms with E-state index in [0.717, 1.165) is 5.56 Å². The van der Waals surface area contributed by atoms with Gasteiger partial charge in [-0.1, -0.05) is 30.3 Å². The molecule has 0 bridgehead atoms. The molecule has 24 heavy (non-hydrogen) atoms. The number of carboxylic acids is 1. The van der Waals surface area contributed by atoms with E-state index in [0.29, 0.717) is 17.9 Å². The number of ether oxygens (including phenoxy) is 1. The lowest BCUT2D eigenvalue weighted by atomic mass is 10.0. The number of likely N-dealkylation sites (N-methyl/N-ethyl adjacent to an activating group) is 1. The van der Waals surface area contributed by atoms with Crippen LogP contribution >= 0.6 is 0 Å². The molecule has 0 radical (unpaired) electrons. The van der Waals surface area contributed by atoms with Crippen LogP contribution in [0.4, 0.5) is 0 Å². The second-order valence-corrected chi connectivity index (χ2v) is 6.03. The number of carbonyl (C=O) groups excluding carboxylic acids is 1. The third kappa shape index (κ3) is 3.93. The molecule has 0 fully saturated rings. The third-order valence-electron chi connectivity index (χ3n) is 4.02. The van der Waals surface area contributed by atoms with E-state index >= 15 is 0 Å². The van der Waals surface area contributed by atoms with Gasteiger partial charge in [-0.15, -0.1) is 0 Å². The van der Waals surface area contributed by atoms with Crippen LogP contribution in [-0.2, 0) is 11.4 Å². The number of nitrogens with zero attached hydrogens (tertiary/aromatic N) is 1. The molecule has 0 unspecified atom stereocenters. The van der Waals surface area contributed by atoms with E-state index in [1.54, 1.807) is 24.3 Å². The molecule has 0 atom stereocenters. The fourth-order valence-electron chi connectivity index (χ4n) is 2.03. The minimum absolute atomic E-state index is 0.350. The zero-order chi connectivity index (χ0) is 17.7. The molecule has 2 aromatic carbocycles. The first kappa shape index (κ1) is 17.5. The summed E-state index contributed by atoms with van der Waals surface area (Å²) in [5, 5.41) is 9.22. The number of hydrogen-bond donors (Lipinski definition) is 1. The first-order chi connectivity index (χ1) is 11.3. The summed E-state index contributed by atoms with van der Waals surface area (Å²) in [6.07, 6.45) is 0. The summed E-state index contributed by atoms with van der Waals surface area (Å²) in [7, 11) is 1.48. The molecule has 0 spiro atoms. The van der Waals surface area contributed by atoms with Gasteiger partial charge >= 0.3 is 5.97 Å². The maximum absolute atomic E-state index is 12.4. The van der Waals surface area contributed by atoms with Crippen molar-refractivity contribution in [3.8, 4) is 5.75 Å². The van der Waals surface area contributed by atoms with Crippen LogP contribution in [0.5, 0.6) is 5.75 Å². The van der Waals surface area contributed by atoms with Gasteiger partial charge in [0.05, 0.1) is 0 Å². The molecule has 1 N–H and O–H groups in total. The fourth-order valence-corrected chi connectivity index (χ4v) is 2.03. The number of benzene rings is 2. The molecule has 1 amide bonds. The Kier molecular flexibility index (Phi) is 5.24. The molecule has 0 heterocycles. The first-order valence-corrected chi connectivity index (χ1v) is 7.60. The SMILES string of the molecule is CN(C(=O)c1ccc(OCc2ccccc2)cc1)C(C)(C)C(=O)O. The quantitative estimate of drug-likeness (QED) is 0.885. The smallest absolute Gasteiger partial charge is 0.329 e. The lowest BCUT2D eigenvalue weighted by molar-refractivity contribution is -0.147. The highest BCUT2D eigenvalue weighted by Gasteiger charge is 2.35. The van der Waals surface area contributed by atoms with Crippen LogP contribution in [0.2, 0.25) is 0 Å². The monoisotopic (exact) mass is 327 g/mol. The average Bonchev–Trinajstić information content (AvgIpc) is 2.60. The molecule has 0 aliphatic heterocycles. The van der Waals surface area contributed by atoms with Gasteiger partial charge in [-0.05, 0) is 43.7 Å². The van der Waals surface area contributed by atoms with Gasteiger partial charge in [0.1, 0.15) is 17.9 Å². The highest BCUT2D eigenvalue weighted by Crippen LogP contribution is 2.19. The Bertz CT molecular complexity index is 708. The topological polar surface area (TPSA) is 66.8 Å². The molecular weight excluding hydrogens is 306 g/mol. The van der Waals surface area contributed by atoms with Crippen molar-refractivity contribution in [1.82, 2.24) is 4.90 Å². The lowest BCUT2D eigenvalue weighted by Gasteiger charge is -2.31. The molecule has 2 rings (SSSR count). The summed E-state index contributed by atoms with van der Waals surface area (Å²) >= 11 is 0. The molecule has 0 saturated heterocycles. The van der Waals surface area contributed by atoms with Crippen molar-refractivity contribution in [2.45, 2.75) is 26.0 Å². The second-order valence-electron chi connectivity index (χ2n) is 6.03. The van der Waals surface area contributed by atoms with Crippen molar-refractivity contribution in [1.29, 1.82) is 0 Å². The Morgan fingerprint density at radius 1 is 1.04 bits per heavy atom. The maximum Gasteiger partial charge on any atom is 0.329 e. The van der Waals surface area contributed by atoms with Gasteiger partial charge < -0.3 is 14.7 Å². The van der Waals surface area contributed by atoms with Crippen LogP contribution in [0.1, 0.15) is 29.8 Å². The molecule has 5 heteroatoms. The summed E-state index contributed by atoms with van der Waals surface area (Å²) in [4.78, 5) is 24.9. The van der Waals surface area contributed by atoms with Crippen molar-refractivity contribution in [2.24, 2.45) is 0 Å². The molecule has 2 aromatic rings. The minimum atomic E-state index is -1.28. The van der Waals surface area contributed by atoms with Gasteiger partial charge in [0.15, 0.2) is 0 Å². The van der Waals surface area contributed by atoms with E-state index in [-0.39, 0.29) is 5.91 Å². The lowest BCUT2D eigenvalue weighted by Crippen LogP contribution is -2.50. The fraction of sp³-hybridized carbons (Fsp3) is 0.263. The van der Waals surface area contributed by atoms with Crippen LogP contribution < -0.4 is 4.74 Å². The molecule has 126 valence electrons. The maximum atomic E-state index is 12.4. The largest absolute Gasteiger partial charge is 0.489 e. The van der Waals surface area contributed by atoms with Gasteiger partial charge in [0, 0.05) is 12.6 Å². The van der Waals surface area contributed by atoms with Gasteiger partial charge in [-0.2, -0.15) is 0 Å². The Hall–Kier alpha value is -2.82. The summed E-state index contributed by atoms with van der Waals surface area (Å²) in [6, 6.07) is 16.5.